The van der Waals surface area contributed by atoms with Gasteiger partial charge in [0.15, 0.2) is 11.5 Å². The van der Waals surface area contributed by atoms with E-state index in [2.05, 4.69) is 41.7 Å². The molecule has 0 radical (unpaired) electrons. The molecular weight excluding hydrogens is 310 g/mol. The van der Waals surface area contributed by atoms with Crippen LogP contribution in [0.25, 0.3) is 0 Å². The molecule has 134 valence electrons. The fourth-order valence-electron chi connectivity index (χ4n) is 3.55. The molecule has 3 nitrogen and oxygen atoms in total. The van der Waals surface area contributed by atoms with Crippen molar-refractivity contribution in [1.29, 1.82) is 0 Å². The summed E-state index contributed by atoms with van der Waals surface area (Å²) >= 11 is 0. The molecule has 1 saturated carbocycles. The normalized spacial score (nSPS) is 15.1. The van der Waals surface area contributed by atoms with Gasteiger partial charge in [-0.15, -0.1) is 0 Å². The van der Waals surface area contributed by atoms with Gasteiger partial charge in [0.2, 0.25) is 0 Å². The first-order valence-electron chi connectivity index (χ1n) is 9.52. The van der Waals surface area contributed by atoms with E-state index in [9.17, 15) is 0 Å². The average Bonchev–Trinajstić information content (AvgIpc) is 2.68. The minimum absolute atomic E-state index is 0.661. The second-order valence-electron chi connectivity index (χ2n) is 6.91. The molecular formula is C22H30NO2+. The summed E-state index contributed by atoms with van der Waals surface area (Å²) in [6, 6.07) is 17.6. The van der Waals surface area contributed by atoms with Crippen LogP contribution in [0.4, 0.5) is 0 Å². The van der Waals surface area contributed by atoms with Gasteiger partial charge in [0.1, 0.15) is 6.54 Å². The summed E-state index contributed by atoms with van der Waals surface area (Å²) in [4.78, 5) is 0. The molecule has 0 heterocycles. The zero-order valence-electron chi connectivity index (χ0n) is 15.2. The Morgan fingerprint density at radius 2 is 1.72 bits per heavy atom. The molecule has 0 atom stereocenters. The third-order valence-corrected chi connectivity index (χ3v) is 5.06. The average molecular weight is 340 g/mol. The Morgan fingerprint density at radius 3 is 2.48 bits per heavy atom. The molecule has 0 amide bonds. The predicted molar refractivity (Wildman–Crippen MR) is 101 cm³/mol. The number of benzene rings is 2. The third kappa shape index (κ3) is 5.50. The van der Waals surface area contributed by atoms with E-state index in [0.717, 1.165) is 30.5 Å². The van der Waals surface area contributed by atoms with Gasteiger partial charge in [0.25, 0.3) is 0 Å². The van der Waals surface area contributed by atoms with Crippen LogP contribution in [0, 0.1) is 0 Å². The molecule has 0 saturated heterocycles. The lowest BCUT2D eigenvalue weighted by molar-refractivity contribution is -0.706. The maximum atomic E-state index is 5.95. The number of rotatable bonds is 8. The summed E-state index contributed by atoms with van der Waals surface area (Å²) in [6.45, 7) is 1.68. The second kappa shape index (κ2) is 9.47. The summed E-state index contributed by atoms with van der Waals surface area (Å²) in [5.74, 6) is 1.67. The van der Waals surface area contributed by atoms with Crippen molar-refractivity contribution in [3.63, 3.8) is 0 Å². The molecule has 0 aromatic heterocycles. The standard InChI is InChI=1S/C22H29NO2/c1-24-22-16-19(17-23-20-10-6-3-7-11-20)12-13-21(22)25-15-14-18-8-4-2-5-9-18/h2,4-5,8-9,12-13,16,20,23H,3,6-7,10-11,14-15,17H2,1H3/p+1. The van der Waals surface area contributed by atoms with Crippen LogP contribution in [-0.2, 0) is 13.0 Å². The van der Waals surface area contributed by atoms with Crippen molar-refractivity contribution in [2.45, 2.75) is 51.1 Å². The van der Waals surface area contributed by atoms with Crippen LogP contribution in [0.5, 0.6) is 11.5 Å². The van der Waals surface area contributed by atoms with E-state index < -0.39 is 0 Å². The summed E-state index contributed by atoms with van der Waals surface area (Å²) in [5.41, 5.74) is 2.60. The van der Waals surface area contributed by atoms with Crippen LogP contribution in [0.15, 0.2) is 48.5 Å². The van der Waals surface area contributed by atoms with Crippen molar-refractivity contribution >= 4 is 0 Å². The van der Waals surface area contributed by atoms with Crippen LogP contribution in [0.3, 0.4) is 0 Å². The van der Waals surface area contributed by atoms with Crippen molar-refractivity contribution in [3.8, 4) is 11.5 Å². The summed E-state index contributed by atoms with van der Waals surface area (Å²) in [7, 11) is 1.72. The molecule has 2 aromatic carbocycles. The third-order valence-electron chi connectivity index (χ3n) is 5.06. The Balaban J connectivity index is 1.51. The maximum absolute atomic E-state index is 5.95. The Kier molecular flexibility index (Phi) is 6.75. The highest BCUT2D eigenvalue weighted by Crippen LogP contribution is 2.28. The van der Waals surface area contributed by atoms with E-state index in [0.29, 0.717) is 6.61 Å². The number of methoxy groups -OCH3 is 1. The maximum Gasteiger partial charge on any atom is 0.161 e. The molecule has 0 unspecified atom stereocenters. The van der Waals surface area contributed by atoms with Gasteiger partial charge in [0.05, 0.1) is 19.8 Å². The monoisotopic (exact) mass is 340 g/mol. The number of hydrogen-bond acceptors (Lipinski definition) is 2. The molecule has 3 heteroatoms. The van der Waals surface area contributed by atoms with Crippen LogP contribution < -0.4 is 14.8 Å². The molecule has 2 N–H and O–H groups in total. The molecule has 3 rings (SSSR count). The van der Waals surface area contributed by atoms with Gasteiger partial charge in [-0.2, -0.15) is 0 Å². The second-order valence-corrected chi connectivity index (χ2v) is 6.91. The van der Waals surface area contributed by atoms with E-state index in [1.807, 2.05) is 12.1 Å². The largest absolute Gasteiger partial charge is 0.493 e. The summed E-state index contributed by atoms with van der Waals surface area (Å²) < 4.78 is 11.5. The molecule has 1 fully saturated rings. The van der Waals surface area contributed by atoms with Crippen LogP contribution >= 0.6 is 0 Å². The summed E-state index contributed by atoms with van der Waals surface area (Å²) in [5, 5.41) is 2.49. The Bertz CT molecular complexity index is 636. The number of quaternary nitrogens is 1. The topological polar surface area (TPSA) is 35.1 Å². The van der Waals surface area contributed by atoms with Gasteiger partial charge in [-0.1, -0.05) is 36.8 Å². The first-order chi connectivity index (χ1) is 12.3. The zero-order valence-corrected chi connectivity index (χ0v) is 15.2. The smallest absolute Gasteiger partial charge is 0.161 e. The van der Waals surface area contributed by atoms with Gasteiger partial charge < -0.3 is 14.8 Å². The van der Waals surface area contributed by atoms with E-state index in [4.69, 9.17) is 9.47 Å². The van der Waals surface area contributed by atoms with Crippen LogP contribution in [0.1, 0.15) is 43.2 Å². The molecule has 25 heavy (non-hydrogen) atoms. The Labute approximate surface area is 151 Å². The first-order valence-corrected chi connectivity index (χ1v) is 9.52. The van der Waals surface area contributed by atoms with Gasteiger partial charge in [0, 0.05) is 12.0 Å². The van der Waals surface area contributed by atoms with Crippen LogP contribution in [-0.4, -0.2) is 19.8 Å². The van der Waals surface area contributed by atoms with Crippen molar-refractivity contribution in [1.82, 2.24) is 0 Å². The molecule has 1 aliphatic rings. The van der Waals surface area contributed by atoms with Crippen molar-refractivity contribution in [2.75, 3.05) is 13.7 Å². The van der Waals surface area contributed by atoms with Gasteiger partial charge >= 0.3 is 0 Å². The van der Waals surface area contributed by atoms with Crippen molar-refractivity contribution < 1.29 is 14.8 Å². The van der Waals surface area contributed by atoms with Gasteiger partial charge in [-0.05, 0) is 49.4 Å². The fraction of sp³-hybridized carbons (Fsp3) is 0.455. The minimum atomic E-state index is 0.661. The van der Waals surface area contributed by atoms with E-state index in [1.54, 1.807) is 7.11 Å². The highest BCUT2D eigenvalue weighted by atomic mass is 16.5. The molecule has 1 aliphatic carbocycles. The number of hydrogen-bond donors (Lipinski definition) is 1. The van der Waals surface area contributed by atoms with Gasteiger partial charge in [-0.25, -0.2) is 0 Å². The van der Waals surface area contributed by atoms with Gasteiger partial charge in [-0.3, -0.25) is 0 Å². The predicted octanol–water partition coefficient (Wildman–Crippen LogP) is 3.71. The number of nitrogens with two attached hydrogens (primary N) is 1. The van der Waals surface area contributed by atoms with Crippen molar-refractivity contribution in [3.05, 3.63) is 59.7 Å². The van der Waals surface area contributed by atoms with E-state index in [1.165, 1.54) is 43.2 Å². The highest BCUT2D eigenvalue weighted by Gasteiger charge is 2.16. The fourth-order valence-corrected chi connectivity index (χ4v) is 3.55. The quantitative estimate of drug-likeness (QED) is 0.795. The molecule has 0 spiro atoms. The molecule has 0 aliphatic heterocycles. The summed E-state index contributed by atoms with van der Waals surface area (Å²) in [6.07, 6.45) is 7.81. The zero-order chi connectivity index (χ0) is 17.3. The van der Waals surface area contributed by atoms with Crippen LogP contribution in [0.2, 0.25) is 0 Å². The Hall–Kier alpha value is -2.00. The lowest BCUT2D eigenvalue weighted by Crippen LogP contribution is -2.88. The van der Waals surface area contributed by atoms with E-state index in [-0.39, 0.29) is 0 Å². The lowest BCUT2D eigenvalue weighted by atomic mass is 9.95. The lowest BCUT2D eigenvalue weighted by Gasteiger charge is -2.20. The Morgan fingerprint density at radius 1 is 0.920 bits per heavy atom. The SMILES string of the molecule is COc1cc(C[NH2+]C2CCCCC2)ccc1OCCc1ccccc1. The minimum Gasteiger partial charge on any atom is -0.493 e. The first kappa shape index (κ1) is 17.8. The molecule has 0 bridgehead atoms. The van der Waals surface area contributed by atoms with Crippen molar-refractivity contribution in [2.24, 2.45) is 0 Å². The van der Waals surface area contributed by atoms with E-state index >= 15 is 0 Å². The highest BCUT2D eigenvalue weighted by molar-refractivity contribution is 5.42. The molecule has 2 aromatic rings. The number of ether oxygens (including phenoxy) is 2.